The maximum absolute atomic E-state index is 13.6. The number of nitrogens with one attached hydrogen (secondary N) is 1. The monoisotopic (exact) mass is 429 g/mol. The van der Waals surface area contributed by atoms with Crippen LogP contribution < -0.4 is 5.32 Å². The lowest BCUT2D eigenvalue weighted by Crippen LogP contribution is -2.50. The number of carboxylic acid groups (broad SMARTS) is 1. The van der Waals surface area contributed by atoms with Crippen LogP contribution in [0.2, 0.25) is 0 Å². The minimum absolute atomic E-state index is 0.0200. The Morgan fingerprint density at radius 3 is 1.62 bits per heavy atom. The van der Waals surface area contributed by atoms with Gasteiger partial charge in [0.2, 0.25) is 5.91 Å². The molecule has 0 aliphatic rings. The SMILES string of the molecule is CC(C)(C)c1ccc(C[C@H](NC(=O)C(C)(c2ccccc2)c2ccccc2)C(=O)O)cc1. The summed E-state index contributed by atoms with van der Waals surface area (Å²) in [6.45, 7) is 8.24. The first-order chi connectivity index (χ1) is 15.1. The van der Waals surface area contributed by atoms with Crippen LogP contribution in [0.4, 0.5) is 0 Å². The van der Waals surface area contributed by atoms with Crippen molar-refractivity contribution in [2.45, 2.75) is 51.0 Å². The summed E-state index contributed by atoms with van der Waals surface area (Å²) >= 11 is 0. The van der Waals surface area contributed by atoms with E-state index in [2.05, 4.69) is 26.1 Å². The fraction of sp³-hybridized carbons (Fsp3) is 0.286. The van der Waals surface area contributed by atoms with Gasteiger partial charge in [-0.1, -0.05) is 106 Å². The molecule has 3 aromatic rings. The molecule has 0 radical (unpaired) electrons. The molecule has 1 amide bonds. The van der Waals surface area contributed by atoms with Gasteiger partial charge in [-0.15, -0.1) is 0 Å². The van der Waals surface area contributed by atoms with E-state index < -0.39 is 17.4 Å². The zero-order valence-electron chi connectivity index (χ0n) is 19.1. The molecular formula is C28H31NO3. The zero-order chi connectivity index (χ0) is 23.4. The Labute approximate surface area is 190 Å². The molecular weight excluding hydrogens is 398 g/mol. The van der Waals surface area contributed by atoms with Crippen LogP contribution in [0.25, 0.3) is 0 Å². The van der Waals surface area contributed by atoms with Crippen molar-refractivity contribution in [3.63, 3.8) is 0 Å². The number of hydrogen-bond acceptors (Lipinski definition) is 2. The van der Waals surface area contributed by atoms with E-state index in [0.29, 0.717) is 0 Å². The number of amides is 1. The van der Waals surface area contributed by atoms with E-state index in [-0.39, 0.29) is 17.7 Å². The summed E-state index contributed by atoms with van der Waals surface area (Å²) in [5.74, 6) is -1.39. The van der Waals surface area contributed by atoms with Crippen molar-refractivity contribution in [1.29, 1.82) is 0 Å². The van der Waals surface area contributed by atoms with Gasteiger partial charge in [0.25, 0.3) is 0 Å². The van der Waals surface area contributed by atoms with Crippen molar-refractivity contribution in [2.24, 2.45) is 0 Å². The molecule has 0 bridgehead atoms. The Bertz CT molecular complexity index is 1010. The summed E-state index contributed by atoms with van der Waals surface area (Å²) < 4.78 is 0. The van der Waals surface area contributed by atoms with Gasteiger partial charge in [0, 0.05) is 6.42 Å². The maximum atomic E-state index is 13.6. The lowest BCUT2D eigenvalue weighted by atomic mass is 9.75. The third-order valence-corrected chi connectivity index (χ3v) is 6.02. The number of carbonyl (C=O) groups is 2. The first-order valence-corrected chi connectivity index (χ1v) is 10.9. The van der Waals surface area contributed by atoms with Gasteiger partial charge in [-0.05, 0) is 34.6 Å². The molecule has 166 valence electrons. The van der Waals surface area contributed by atoms with Gasteiger partial charge < -0.3 is 10.4 Å². The minimum atomic E-state index is -1.05. The van der Waals surface area contributed by atoms with Crippen molar-refractivity contribution < 1.29 is 14.7 Å². The fourth-order valence-corrected chi connectivity index (χ4v) is 3.85. The molecule has 4 heteroatoms. The fourth-order valence-electron chi connectivity index (χ4n) is 3.85. The van der Waals surface area contributed by atoms with E-state index in [4.69, 9.17) is 0 Å². The average molecular weight is 430 g/mol. The summed E-state index contributed by atoms with van der Waals surface area (Å²) in [7, 11) is 0. The van der Waals surface area contributed by atoms with Crippen LogP contribution in [-0.4, -0.2) is 23.0 Å². The second-order valence-electron chi connectivity index (χ2n) is 9.37. The van der Waals surface area contributed by atoms with Crippen molar-refractivity contribution >= 4 is 11.9 Å². The normalized spacial score (nSPS) is 12.8. The highest BCUT2D eigenvalue weighted by Crippen LogP contribution is 2.32. The van der Waals surface area contributed by atoms with E-state index in [9.17, 15) is 14.7 Å². The Hall–Kier alpha value is -3.40. The lowest BCUT2D eigenvalue weighted by Gasteiger charge is -2.31. The summed E-state index contributed by atoms with van der Waals surface area (Å²) in [4.78, 5) is 25.6. The topological polar surface area (TPSA) is 66.4 Å². The van der Waals surface area contributed by atoms with Gasteiger partial charge in [-0.3, -0.25) is 4.79 Å². The Balaban J connectivity index is 1.88. The molecule has 2 N–H and O–H groups in total. The molecule has 0 aromatic heterocycles. The number of carbonyl (C=O) groups excluding carboxylic acids is 1. The molecule has 0 saturated heterocycles. The number of hydrogen-bond donors (Lipinski definition) is 2. The largest absolute Gasteiger partial charge is 0.480 e. The number of rotatable bonds is 7. The van der Waals surface area contributed by atoms with Gasteiger partial charge in [0.1, 0.15) is 6.04 Å². The third-order valence-electron chi connectivity index (χ3n) is 6.02. The average Bonchev–Trinajstić information content (AvgIpc) is 2.78. The third kappa shape index (κ3) is 5.08. The highest BCUT2D eigenvalue weighted by molar-refractivity contribution is 5.94. The van der Waals surface area contributed by atoms with E-state index >= 15 is 0 Å². The predicted molar refractivity (Wildman–Crippen MR) is 128 cm³/mol. The zero-order valence-corrected chi connectivity index (χ0v) is 19.1. The van der Waals surface area contributed by atoms with Gasteiger partial charge in [0.15, 0.2) is 0 Å². The maximum Gasteiger partial charge on any atom is 0.326 e. The first kappa shape index (κ1) is 23.3. The molecule has 1 atom stereocenters. The van der Waals surface area contributed by atoms with Gasteiger partial charge in [-0.25, -0.2) is 4.79 Å². The van der Waals surface area contributed by atoms with Crippen LogP contribution in [0.3, 0.4) is 0 Å². The number of carboxylic acids is 1. The van der Waals surface area contributed by atoms with Gasteiger partial charge >= 0.3 is 5.97 Å². The van der Waals surface area contributed by atoms with Gasteiger partial charge in [-0.2, -0.15) is 0 Å². The van der Waals surface area contributed by atoms with E-state index in [0.717, 1.165) is 16.7 Å². The van der Waals surface area contributed by atoms with Gasteiger partial charge in [0.05, 0.1) is 5.41 Å². The Kier molecular flexibility index (Phi) is 6.83. The van der Waals surface area contributed by atoms with Crippen molar-refractivity contribution in [3.8, 4) is 0 Å². The van der Waals surface area contributed by atoms with Crippen molar-refractivity contribution in [3.05, 3.63) is 107 Å². The quantitative estimate of drug-likeness (QED) is 0.549. The van der Waals surface area contributed by atoms with E-state index in [1.54, 1.807) is 0 Å². The molecule has 0 saturated carbocycles. The summed E-state index contributed by atoms with van der Waals surface area (Å²) in [6.07, 6.45) is 0.213. The Morgan fingerprint density at radius 2 is 1.22 bits per heavy atom. The van der Waals surface area contributed by atoms with E-state index in [1.807, 2.05) is 91.9 Å². The Morgan fingerprint density at radius 1 is 0.750 bits per heavy atom. The highest BCUT2D eigenvalue weighted by Gasteiger charge is 2.39. The molecule has 0 aliphatic heterocycles. The molecule has 3 aromatic carbocycles. The number of benzene rings is 3. The standard InChI is InChI=1S/C28H31NO3/c1-27(2,3)21-17-15-20(16-18-21)19-24(25(30)31)29-26(32)28(4,22-11-7-5-8-12-22)23-13-9-6-10-14-23/h5-18,24H,19H2,1-4H3,(H,29,32)(H,30,31)/t24-/m0/s1. The second kappa shape index (κ2) is 9.39. The van der Waals surface area contributed by atoms with E-state index in [1.165, 1.54) is 5.56 Å². The molecule has 0 heterocycles. The highest BCUT2D eigenvalue weighted by atomic mass is 16.4. The number of aliphatic carboxylic acids is 1. The lowest BCUT2D eigenvalue weighted by molar-refractivity contribution is -0.142. The van der Waals surface area contributed by atoms with Crippen LogP contribution in [-0.2, 0) is 26.8 Å². The molecule has 0 aliphatic carbocycles. The first-order valence-electron chi connectivity index (χ1n) is 10.9. The summed E-state index contributed by atoms with van der Waals surface area (Å²) in [6, 6.07) is 25.8. The molecule has 32 heavy (non-hydrogen) atoms. The molecule has 0 fully saturated rings. The summed E-state index contributed by atoms with van der Waals surface area (Å²) in [5.41, 5.74) is 2.66. The minimum Gasteiger partial charge on any atom is -0.480 e. The molecule has 0 unspecified atom stereocenters. The smallest absolute Gasteiger partial charge is 0.326 e. The van der Waals surface area contributed by atoms with Crippen molar-refractivity contribution in [2.75, 3.05) is 0 Å². The van der Waals surface area contributed by atoms with Crippen LogP contribution in [0.15, 0.2) is 84.9 Å². The van der Waals surface area contributed by atoms with Crippen LogP contribution in [0.5, 0.6) is 0 Å². The van der Waals surface area contributed by atoms with Crippen LogP contribution in [0, 0.1) is 0 Å². The molecule has 4 nitrogen and oxygen atoms in total. The van der Waals surface area contributed by atoms with Crippen molar-refractivity contribution in [1.82, 2.24) is 5.32 Å². The van der Waals surface area contributed by atoms with Crippen LogP contribution in [0.1, 0.15) is 49.9 Å². The molecule has 3 rings (SSSR count). The predicted octanol–water partition coefficient (Wildman–Crippen LogP) is 5.10. The second-order valence-corrected chi connectivity index (χ2v) is 9.37. The molecule has 0 spiro atoms. The summed E-state index contributed by atoms with van der Waals surface area (Å²) in [5, 5.41) is 12.7. The van der Waals surface area contributed by atoms with Crippen LogP contribution >= 0.6 is 0 Å².